The maximum atomic E-state index is 12.7. The lowest BCUT2D eigenvalue weighted by Crippen LogP contribution is -2.28. The van der Waals surface area contributed by atoms with Gasteiger partial charge in [-0.3, -0.25) is 4.79 Å². The highest BCUT2D eigenvalue weighted by Crippen LogP contribution is 2.38. The fourth-order valence-electron chi connectivity index (χ4n) is 4.07. The molecule has 158 valence electrons. The average Bonchev–Trinajstić information content (AvgIpc) is 2.65. The molecule has 0 aliphatic heterocycles. The summed E-state index contributed by atoms with van der Waals surface area (Å²) in [4.78, 5) is 17.6. The Labute approximate surface area is 184 Å². The van der Waals surface area contributed by atoms with Gasteiger partial charge in [-0.2, -0.15) is 5.26 Å². The zero-order valence-electron chi connectivity index (χ0n) is 18.8. The smallest absolute Gasteiger partial charge is 0.237 e. The van der Waals surface area contributed by atoms with Crippen LogP contribution in [0.2, 0.25) is 0 Å². The van der Waals surface area contributed by atoms with Crippen LogP contribution in [-0.4, -0.2) is 16.1 Å². The van der Waals surface area contributed by atoms with Gasteiger partial charge in [0.15, 0.2) is 0 Å². The van der Waals surface area contributed by atoms with Crippen LogP contribution in [0.5, 0.6) is 0 Å². The SMILES string of the molecule is Cc1cc(C)cc(NC(=O)C(C)Sc2nc3c(cc2C#N)CC(C(C)(C)C)CC3)c1. The molecule has 0 saturated carbocycles. The van der Waals surface area contributed by atoms with Crippen molar-refractivity contribution in [2.24, 2.45) is 11.3 Å². The number of aryl methyl sites for hydroxylation is 3. The first kappa shape index (κ1) is 22.4. The van der Waals surface area contributed by atoms with Crippen molar-refractivity contribution in [2.75, 3.05) is 5.32 Å². The van der Waals surface area contributed by atoms with Crippen molar-refractivity contribution in [3.63, 3.8) is 0 Å². The molecule has 2 aromatic rings. The minimum Gasteiger partial charge on any atom is -0.325 e. The van der Waals surface area contributed by atoms with E-state index in [4.69, 9.17) is 4.98 Å². The van der Waals surface area contributed by atoms with Crippen LogP contribution in [0.1, 0.15) is 62.1 Å². The normalized spacial score (nSPS) is 17.0. The summed E-state index contributed by atoms with van der Waals surface area (Å²) in [6.07, 6.45) is 3.01. The highest BCUT2D eigenvalue weighted by atomic mass is 32.2. The van der Waals surface area contributed by atoms with E-state index in [1.54, 1.807) is 0 Å². The zero-order valence-corrected chi connectivity index (χ0v) is 19.6. The second-order valence-corrected chi connectivity index (χ2v) is 10.8. The summed E-state index contributed by atoms with van der Waals surface area (Å²) in [5, 5.41) is 13.0. The number of fused-ring (bicyclic) bond motifs is 1. The van der Waals surface area contributed by atoms with Crippen LogP contribution < -0.4 is 5.32 Å². The van der Waals surface area contributed by atoms with Crippen LogP contribution >= 0.6 is 11.8 Å². The molecule has 5 heteroatoms. The third-order valence-electron chi connectivity index (χ3n) is 5.84. The Balaban J connectivity index is 1.76. The minimum absolute atomic E-state index is 0.0822. The lowest BCUT2D eigenvalue weighted by molar-refractivity contribution is -0.115. The molecule has 1 amide bonds. The third kappa shape index (κ3) is 5.23. The van der Waals surface area contributed by atoms with Crippen molar-refractivity contribution in [2.45, 2.75) is 71.1 Å². The summed E-state index contributed by atoms with van der Waals surface area (Å²) < 4.78 is 0. The summed E-state index contributed by atoms with van der Waals surface area (Å²) >= 11 is 1.36. The Hall–Kier alpha value is -2.32. The quantitative estimate of drug-likeness (QED) is 0.630. The molecule has 1 heterocycles. The Morgan fingerprint density at radius 3 is 2.50 bits per heavy atom. The van der Waals surface area contributed by atoms with E-state index in [0.717, 1.165) is 41.8 Å². The van der Waals surface area contributed by atoms with Crippen LogP contribution in [-0.2, 0) is 17.6 Å². The predicted molar refractivity (Wildman–Crippen MR) is 124 cm³/mol. The monoisotopic (exact) mass is 421 g/mol. The number of pyridine rings is 1. The van der Waals surface area contributed by atoms with E-state index in [1.807, 2.05) is 39.0 Å². The highest BCUT2D eigenvalue weighted by molar-refractivity contribution is 8.00. The van der Waals surface area contributed by atoms with E-state index < -0.39 is 0 Å². The first-order chi connectivity index (χ1) is 14.1. The largest absolute Gasteiger partial charge is 0.325 e. The molecule has 2 atom stereocenters. The Morgan fingerprint density at radius 1 is 1.23 bits per heavy atom. The van der Waals surface area contributed by atoms with Crippen LogP contribution in [0, 0.1) is 36.5 Å². The second-order valence-electron chi connectivity index (χ2n) is 9.49. The van der Waals surface area contributed by atoms with Gasteiger partial charge in [-0.15, -0.1) is 0 Å². The molecule has 3 rings (SSSR count). The van der Waals surface area contributed by atoms with Gasteiger partial charge in [0.2, 0.25) is 5.91 Å². The number of nitriles is 1. The molecule has 0 saturated heterocycles. The molecule has 0 radical (unpaired) electrons. The second kappa shape index (κ2) is 8.81. The van der Waals surface area contributed by atoms with Crippen LogP contribution in [0.4, 0.5) is 5.69 Å². The molecule has 30 heavy (non-hydrogen) atoms. The number of hydrogen-bond acceptors (Lipinski definition) is 4. The molecular weight excluding hydrogens is 390 g/mol. The maximum absolute atomic E-state index is 12.7. The number of anilines is 1. The molecule has 1 N–H and O–H groups in total. The van der Waals surface area contributed by atoms with Gasteiger partial charge in [-0.25, -0.2) is 4.98 Å². The fraction of sp³-hybridized carbons (Fsp3) is 0.480. The van der Waals surface area contributed by atoms with Gasteiger partial charge >= 0.3 is 0 Å². The van der Waals surface area contributed by atoms with Gasteiger partial charge in [0.25, 0.3) is 0 Å². The zero-order chi connectivity index (χ0) is 22.1. The van der Waals surface area contributed by atoms with Crippen molar-refractivity contribution >= 4 is 23.4 Å². The maximum Gasteiger partial charge on any atom is 0.237 e. The number of nitrogens with one attached hydrogen (secondary N) is 1. The molecule has 1 aliphatic rings. The number of aromatic nitrogens is 1. The van der Waals surface area contributed by atoms with Crippen LogP contribution in [0.3, 0.4) is 0 Å². The first-order valence-electron chi connectivity index (χ1n) is 10.6. The summed E-state index contributed by atoms with van der Waals surface area (Å²) in [7, 11) is 0. The number of rotatable bonds is 4. The van der Waals surface area contributed by atoms with E-state index in [1.165, 1.54) is 17.3 Å². The molecule has 1 aliphatic carbocycles. The van der Waals surface area contributed by atoms with Crippen molar-refractivity contribution < 1.29 is 4.79 Å². The third-order valence-corrected chi connectivity index (χ3v) is 6.95. The Bertz CT molecular complexity index is 980. The Morgan fingerprint density at radius 2 is 1.90 bits per heavy atom. The van der Waals surface area contributed by atoms with Gasteiger partial charge < -0.3 is 5.32 Å². The van der Waals surface area contributed by atoms with Gasteiger partial charge in [-0.1, -0.05) is 38.6 Å². The highest BCUT2D eigenvalue weighted by Gasteiger charge is 2.30. The Kier molecular flexibility index (Phi) is 6.57. The molecule has 0 bridgehead atoms. The van der Waals surface area contributed by atoms with Crippen molar-refractivity contribution in [3.8, 4) is 6.07 Å². The lowest BCUT2D eigenvalue weighted by Gasteiger charge is -2.34. The topological polar surface area (TPSA) is 65.8 Å². The molecule has 0 spiro atoms. The number of thioether (sulfide) groups is 1. The summed E-state index contributed by atoms with van der Waals surface area (Å²) in [6, 6.07) is 10.3. The number of carbonyl (C=O) groups excluding carboxylic acids is 1. The number of benzene rings is 1. The van der Waals surface area contributed by atoms with E-state index in [-0.39, 0.29) is 16.6 Å². The average molecular weight is 422 g/mol. The number of nitrogens with zero attached hydrogens (tertiary/aromatic N) is 2. The fourth-order valence-corrected chi connectivity index (χ4v) is 4.96. The van der Waals surface area contributed by atoms with E-state index >= 15 is 0 Å². The molecule has 4 nitrogen and oxygen atoms in total. The molecular formula is C25H31N3OS. The number of carbonyl (C=O) groups is 1. The van der Waals surface area contributed by atoms with Gasteiger partial charge in [0.1, 0.15) is 11.1 Å². The van der Waals surface area contributed by atoms with Crippen molar-refractivity contribution in [3.05, 3.63) is 52.2 Å². The summed E-state index contributed by atoms with van der Waals surface area (Å²) in [5.41, 5.74) is 6.12. The molecule has 0 fully saturated rings. The van der Waals surface area contributed by atoms with Gasteiger partial charge in [0.05, 0.1) is 10.8 Å². The van der Waals surface area contributed by atoms with Gasteiger partial charge in [0, 0.05) is 11.4 Å². The van der Waals surface area contributed by atoms with Crippen LogP contribution in [0.25, 0.3) is 0 Å². The summed E-state index contributed by atoms with van der Waals surface area (Å²) in [6.45, 7) is 12.7. The predicted octanol–water partition coefficient (Wildman–Crippen LogP) is 5.84. The number of amides is 1. The van der Waals surface area contributed by atoms with Crippen molar-refractivity contribution in [1.29, 1.82) is 5.26 Å². The first-order valence-corrected chi connectivity index (χ1v) is 11.4. The van der Waals surface area contributed by atoms with Crippen LogP contribution in [0.15, 0.2) is 29.3 Å². The standard InChI is InChI=1S/C25H31N3OS/c1-15-9-16(2)11-21(10-15)27-23(29)17(3)30-24-19(14-26)12-18-13-20(25(4,5)6)7-8-22(18)28-24/h9-12,17,20H,7-8,13H2,1-6H3,(H,27,29). The molecule has 1 aromatic carbocycles. The van der Waals surface area contributed by atoms with Gasteiger partial charge in [-0.05, 0) is 86.3 Å². The molecule has 2 unspecified atom stereocenters. The summed E-state index contributed by atoms with van der Waals surface area (Å²) in [5.74, 6) is 0.514. The van der Waals surface area contributed by atoms with Crippen molar-refractivity contribution in [1.82, 2.24) is 4.98 Å². The van der Waals surface area contributed by atoms with E-state index in [0.29, 0.717) is 16.5 Å². The number of hydrogen-bond donors (Lipinski definition) is 1. The minimum atomic E-state index is -0.352. The molecule has 1 aromatic heterocycles. The van der Waals surface area contributed by atoms with E-state index in [9.17, 15) is 10.1 Å². The van der Waals surface area contributed by atoms with E-state index in [2.05, 4.69) is 38.2 Å². The lowest BCUT2D eigenvalue weighted by atomic mass is 9.71.